The Kier molecular flexibility index (Phi) is 2.83. The van der Waals surface area contributed by atoms with Gasteiger partial charge in [0, 0.05) is 5.56 Å². The van der Waals surface area contributed by atoms with Crippen LogP contribution in [0.4, 0.5) is 0 Å². The number of carbonyl (C=O) groups excluding carboxylic acids is 1. The van der Waals surface area contributed by atoms with Gasteiger partial charge >= 0.3 is 0 Å². The van der Waals surface area contributed by atoms with Crippen molar-refractivity contribution >= 4 is 19.5 Å². The normalized spacial score (nSPS) is 10.9. The highest BCUT2D eigenvalue weighted by Crippen LogP contribution is 2.05. The monoisotopic (exact) mass is 190 g/mol. The quantitative estimate of drug-likeness (QED) is 0.527. The minimum atomic E-state index is -1.50. The zero-order valence-corrected chi connectivity index (χ0v) is 9.08. The van der Waals surface area contributed by atoms with Gasteiger partial charge in [0.25, 0.3) is 0 Å². The maximum Gasteiger partial charge on any atom is 0.150 e. The lowest BCUT2D eigenvalue weighted by atomic mass is 10.2. The highest BCUT2D eigenvalue weighted by Gasteiger charge is 2.18. The van der Waals surface area contributed by atoms with Crippen molar-refractivity contribution in [1.82, 2.24) is 0 Å². The van der Waals surface area contributed by atoms with Gasteiger partial charge in [-0.1, -0.05) is 48.2 Å². The molecule has 0 spiro atoms. The molecule has 1 aromatic rings. The van der Waals surface area contributed by atoms with Gasteiger partial charge in [-0.05, 0) is 0 Å². The van der Waals surface area contributed by atoms with Crippen molar-refractivity contribution in [2.45, 2.75) is 13.1 Å². The van der Waals surface area contributed by atoms with Gasteiger partial charge in [0.1, 0.15) is 14.4 Å². The topological polar surface area (TPSA) is 17.1 Å². The number of hydrogen-bond acceptors (Lipinski definition) is 1. The van der Waals surface area contributed by atoms with Gasteiger partial charge in [-0.25, -0.2) is 0 Å². The minimum absolute atomic E-state index is 0.750. The van der Waals surface area contributed by atoms with E-state index >= 15 is 0 Å². The summed E-state index contributed by atoms with van der Waals surface area (Å²) in [5.74, 6) is 0. The van der Waals surface area contributed by atoms with E-state index in [9.17, 15) is 4.79 Å². The molecule has 1 nitrogen and oxygen atoms in total. The first-order chi connectivity index (χ1) is 6.10. The van der Waals surface area contributed by atoms with Crippen molar-refractivity contribution in [3.8, 4) is 0 Å². The van der Waals surface area contributed by atoms with Crippen LogP contribution in [0.5, 0.6) is 0 Å². The molecule has 68 valence electrons. The number of carbonyl (C=O) groups is 1. The van der Waals surface area contributed by atoms with Crippen molar-refractivity contribution in [1.29, 1.82) is 0 Å². The van der Waals surface area contributed by atoms with Crippen LogP contribution < -0.4 is 5.19 Å². The molecule has 0 aliphatic carbocycles. The van der Waals surface area contributed by atoms with Gasteiger partial charge in [0.05, 0.1) is 0 Å². The molecule has 0 atom stereocenters. The van der Waals surface area contributed by atoms with Crippen LogP contribution in [0.3, 0.4) is 0 Å². The van der Waals surface area contributed by atoms with Crippen molar-refractivity contribution < 1.29 is 4.79 Å². The zero-order valence-electron chi connectivity index (χ0n) is 8.08. The van der Waals surface area contributed by atoms with E-state index < -0.39 is 8.07 Å². The summed E-state index contributed by atoms with van der Waals surface area (Å²) in [6.45, 7) is 8.26. The molecule has 0 amide bonds. The summed E-state index contributed by atoms with van der Waals surface area (Å²) >= 11 is 0. The smallest absolute Gasteiger partial charge is 0.150 e. The first kappa shape index (κ1) is 9.93. The van der Waals surface area contributed by atoms with Crippen LogP contribution in [0.25, 0.3) is 0 Å². The summed E-state index contributed by atoms with van der Waals surface area (Å²) in [4.78, 5) is 10.6. The number of benzene rings is 1. The lowest BCUT2D eigenvalue weighted by Gasteiger charge is -2.17. The third-order valence-electron chi connectivity index (χ3n) is 2.28. The van der Waals surface area contributed by atoms with Crippen LogP contribution in [-0.2, 0) is 0 Å². The van der Waals surface area contributed by atoms with E-state index in [4.69, 9.17) is 0 Å². The lowest BCUT2D eigenvalue weighted by Crippen LogP contribution is -2.39. The van der Waals surface area contributed by atoms with E-state index in [1.165, 1.54) is 5.19 Å². The molecule has 0 fully saturated rings. The molecule has 0 N–H and O–H groups in total. The van der Waals surface area contributed by atoms with Crippen LogP contribution >= 0.6 is 0 Å². The second kappa shape index (κ2) is 3.71. The fourth-order valence-electron chi connectivity index (χ4n) is 1.13. The summed E-state index contributed by atoms with van der Waals surface area (Å²) in [5.41, 5.74) is 2.77. The molecule has 0 radical (unpaired) electrons. The molecule has 0 heterocycles. The Morgan fingerprint density at radius 1 is 1.38 bits per heavy atom. The Bertz CT molecular complexity index is 329. The fraction of sp³-hybridized carbons (Fsp3) is 0.182. The molecule has 0 aromatic heterocycles. The highest BCUT2D eigenvalue weighted by molar-refractivity contribution is 6.93. The summed E-state index contributed by atoms with van der Waals surface area (Å²) < 4.78 is 0. The average Bonchev–Trinajstić information content (AvgIpc) is 2.18. The standard InChI is InChI=1S/C11H14OSi/c1-4-13(2,3)11-7-5-6-10(8-11)9-12/h4-9H,1H2,2-3H3. The number of hydrogen-bond donors (Lipinski definition) is 0. The first-order valence-electron chi connectivity index (χ1n) is 4.29. The van der Waals surface area contributed by atoms with E-state index in [2.05, 4.69) is 25.7 Å². The summed E-state index contributed by atoms with van der Waals surface area (Å²) in [6.07, 6.45) is 0.886. The van der Waals surface area contributed by atoms with Crippen molar-refractivity contribution in [2.24, 2.45) is 0 Å². The molecular weight excluding hydrogens is 176 g/mol. The minimum Gasteiger partial charge on any atom is -0.298 e. The van der Waals surface area contributed by atoms with E-state index in [0.717, 1.165) is 11.8 Å². The molecule has 13 heavy (non-hydrogen) atoms. The van der Waals surface area contributed by atoms with Gasteiger partial charge in [0.15, 0.2) is 0 Å². The summed E-state index contributed by atoms with van der Waals surface area (Å²) in [5, 5.41) is 1.26. The van der Waals surface area contributed by atoms with Crippen LogP contribution in [0.1, 0.15) is 10.4 Å². The van der Waals surface area contributed by atoms with E-state index in [0.29, 0.717) is 0 Å². The molecule has 0 unspecified atom stereocenters. The van der Waals surface area contributed by atoms with Gasteiger partial charge in [-0.15, -0.1) is 6.58 Å². The SMILES string of the molecule is C=C[Si](C)(C)c1cccc(C=O)c1. The first-order valence-corrected chi connectivity index (χ1v) is 7.37. The molecule has 0 saturated carbocycles. The predicted octanol–water partition coefficient (Wildman–Crippen LogP) is 2.14. The molecule has 0 aliphatic rings. The summed E-state index contributed by atoms with van der Waals surface area (Å²) in [6, 6.07) is 7.78. The third kappa shape index (κ3) is 2.16. The van der Waals surface area contributed by atoms with Crippen molar-refractivity contribution in [2.75, 3.05) is 0 Å². The molecule has 2 heteroatoms. The predicted molar refractivity (Wildman–Crippen MR) is 59.1 cm³/mol. The van der Waals surface area contributed by atoms with Crippen molar-refractivity contribution in [3.05, 3.63) is 42.1 Å². The van der Waals surface area contributed by atoms with E-state index in [1.807, 2.05) is 23.9 Å². The van der Waals surface area contributed by atoms with Crippen molar-refractivity contribution in [3.63, 3.8) is 0 Å². The van der Waals surface area contributed by atoms with Gasteiger partial charge in [0.2, 0.25) is 0 Å². The molecule has 0 bridgehead atoms. The largest absolute Gasteiger partial charge is 0.298 e. The van der Waals surface area contributed by atoms with Gasteiger partial charge in [-0.2, -0.15) is 0 Å². The summed E-state index contributed by atoms with van der Waals surface area (Å²) in [7, 11) is -1.50. The fourth-order valence-corrected chi connectivity index (χ4v) is 2.43. The van der Waals surface area contributed by atoms with Crippen LogP contribution in [0, 0.1) is 0 Å². The molecule has 0 aliphatic heterocycles. The Hall–Kier alpha value is -1.15. The number of aldehydes is 1. The van der Waals surface area contributed by atoms with Gasteiger partial charge < -0.3 is 0 Å². The highest BCUT2D eigenvalue weighted by atomic mass is 28.3. The third-order valence-corrected chi connectivity index (χ3v) is 5.10. The Morgan fingerprint density at radius 2 is 2.08 bits per heavy atom. The number of rotatable bonds is 3. The molecular formula is C11H14OSi. The molecule has 0 saturated heterocycles. The second-order valence-electron chi connectivity index (χ2n) is 3.67. The average molecular weight is 190 g/mol. The van der Waals surface area contributed by atoms with E-state index in [1.54, 1.807) is 0 Å². The maximum absolute atomic E-state index is 10.6. The molecule has 1 rings (SSSR count). The maximum atomic E-state index is 10.6. The van der Waals surface area contributed by atoms with Gasteiger partial charge in [-0.3, -0.25) is 4.79 Å². The molecule has 1 aromatic carbocycles. The van der Waals surface area contributed by atoms with Crippen LogP contribution in [0.15, 0.2) is 36.5 Å². The Labute approximate surface area is 80.1 Å². The Morgan fingerprint density at radius 3 is 2.62 bits per heavy atom. The zero-order chi connectivity index (χ0) is 9.90. The lowest BCUT2D eigenvalue weighted by molar-refractivity contribution is 0.112. The van der Waals surface area contributed by atoms with Crippen LogP contribution in [0.2, 0.25) is 13.1 Å². The second-order valence-corrected chi connectivity index (χ2v) is 8.10. The van der Waals surface area contributed by atoms with Crippen LogP contribution in [-0.4, -0.2) is 14.4 Å². The Balaban J connectivity index is 3.15. The van der Waals surface area contributed by atoms with E-state index in [-0.39, 0.29) is 0 Å².